The Bertz CT molecular complexity index is 905. The van der Waals surface area contributed by atoms with Crippen molar-refractivity contribution >= 4 is 42.4 Å². The van der Waals surface area contributed by atoms with E-state index in [9.17, 15) is 9.59 Å². The van der Waals surface area contributed by atoms with Crippen LogP contribution in [0.15, 0.2) is 42.5 Å². The Hall–Kier alpha value is -2.28. The lowest BCUT2D eigenvalue weighted by Crippen LogP contribution is -2.54. The fourth-order valence-corrected chi connectivity index (χ4v) is 4.01. The van der Waals surface area contributed by atoms with Crippen LogP contribution in [-0.4, -0.2) is 49.6 Å². The summed E-state index contributed by atoms with van der Waals surface area (Å²) < 4.78 is 4.75. The third-order valence-corrected chi connectivity index (χ3v) is 5.63. The molecular formula is C22H27Cl2N3O3. The number of hydrogen-bond donors (Lipinski definition) is 1. The van der Waals surface area contributed by atoms with Gasteiger partial charge >= 0.3 is 5.97 Å². The number of ether oxygens (including phenoxy) is 1. The van der Waals surface area contributed by atoms with Gasteiger partial charge in [-0.2, -0.15) is 0 Å². The monoisotopic (exact) mass is 451 g/mol. The largest absolute Gasteiger partial charge is 0.465 e. The Labute approximate surface area is 189 Å². The first kappa shape index (κ1) is 24.0. The van der Waals surface area contributed by atoms with Crippen molar-refractivity contribution in [1.82, 2.24) is 10.2 Å². The fourth-order valence-electron chi connectivity index (χ4n) is 4.01. The number of halogens is 2. The van der Waals surface area contributed by atoms with Crippen molar-refractivity contribution in [1.29, 1.82) is 0 Å². The van der Waals surface area contributed by atoms with Crippen molar-refractivity contribution in [2.45, 2.75) is 26.1 Å². The number of esters is 1. The summed E-state index contributed by atoms with van der Waals surface area (Å²) in [6, 6.07) is 13.6. The van der Waals surface area contributed by atoms with Gasteiger partial charge in [0.25, 0.3) is 5.91 Å². The van der Waals surface area contributed by atoms with Crippen LogP contribution < -0.4 is 10.2 Å². The number of hydrogen-bond acceptors (Lipinski definition) is 5. The van der Waals surface area contributed by atoms with Crippen molar-refractivity contribution in [2.24, 2.45) is 0 Å². The Morgan fingerprint density at radius 1 is 0.967 bits per heavy atom. The van der Waals surface area contributed by atoms with Crippen LogP contribution in [-0.2, 0) is 17.8 Å². The lowest BCUT2D eigenvalue weighted by atomic mass is 10.0. The standard InChI is InChI=1S/C22H25N3O3.2ClH/c1-15-14-24(20-7-5-16(6-8-20)22(27)28-2)9-10-25(15)21(26)17-3-4-18-12-23-13-19(18)11-17;;/h3-8,11,15,23H,9-10,12-14H2,1-2H3;2*1H. The molecule has 2 aliphatic heterocycles. The van der Waals surface area contributed by atoms with E-state index in [2.05, 4.69) is 23.2 Å². The normalized spacial score (nSPS) is 17.5. The summed E-state index contributed by atoms with van der Waals surface area (Å²) in [5.74, 6) is -0.234. The average molecular weight is 452 g/mol. The molecule has 1 unspecified atom stereocenters. The molecule has 2 heterocycles. The molecule has 2 aromatic carbocycles. The number of carbonyl (C=O) groups is 2. The number of carbonyl (C=O) groups excluding carboxylic acids is 2. The summed E-state index contributed by atoms with van der Waals surface area (Å²) in [6.45, 7) is 6.00. The molecule has 6 nitrogen and oxygen atoms in total. The van der Waals surface area contributed by atoms with Crippen LogP contribution in [0.1, 0.15) is 38.8 Å². The van der Waals surface area contributed by atoms with Crippen LogP contribution in [0.2, 0.25) is 0 Å². The molecule has 0 spiro atoms. The summed E-state index contributed by atoms with van der Waals surface area (Å²) in [5.41, 5.74) is 4.87. The number of nitrogens with one attached hydrogen (secondary N) is 1. The van der Waals surface area contributed by atoms with Gasteiger partial charge in [0.1, 0.15) is 0 Å². The second-order valence-corrected chi connectivity index (χ2v) is 7.42. The minimum Gasteiger partial charge on any atom is -0.465 e. The molecule has 4 rings (SSSR count). The number of methoxy groups -OCH3 is 1. The summed E-state index contributed by atoms with van der Waals surface area (Å²) in [4.78, 5) is 28.8. The molecule has 0 bridgehead atoms. The second-order valence-electron chi connectivity index (χ2n) is 7.42. The van der Waals surface area contributed by atoms with Gasteiger partial charge < -0.3 is 19.9 Å². The molecule has 1 saturated heterocycles. The zero-order valence-electron chi connectivity index (χ0n) is 17.1. The minimum absolute atomic E-state index is 0. The third kappa shape index (κ3) is 4.72. The van der Waals surface area contributed by atoms with E-state index in [0.717, 1.165) is 37.4 Å². The first-order valence-electron chi connectivity index (χ1n) is 9.63. The Balaban J connectivity index is 0.00000160. The van der Waals surface area contributed by atoms with Crippen LogP contribution in [0.5, 0.6) is 0 Å². The van der Waals surface area contributed by atoms with Crippen LogP contribution in [0.25, 0.3) is 0 Å². The van der Waals surface area contributed by atoms with Gasteiger partial charge in [0.15, 0.2) is 0 Å². The van der Waals surface area contributed by atoms with Crippen LogP contribution in [0, 0.1) is 0 Å². The predicted octanol–water partition coefficient (Wildman–Crippen LogP) is 3.27. The smallest absolute Gasteiger partial charge is 0.337 e. The zero-order chi connectivity index (χ0) is 19.7. The number of amides is 1. The molecule has 2 aromatic rings. The van der Waals surface area contributed by atoms with Gasteiger partial charge in [-0.05, 0) is 54.4 Å². The molecule has 0 aromatic heterocycles. The number of benzene rings is 2. The van der Waals surface area contributed by atoms with Gasteiger partial charge in [-0.25, -0.2) is 4.79 Å². The van der Waals surface area contributed by atoms with Gasteiger partial charge in [0, 0.05) is 50.0 Å². The lowest BCUT2D eigenvalue weighted by molar-refractivity contribution is 0.0599. The van der Waals surface area contributed by atoms with Gasteiger partial charge in [-0.1, -0.05) is 6.07 Å². The van der Waals surface area contributed by atoms with Gasteiger partial charge in [-0.3, -0.25) is 4.79 Å². The molecule has 0 aliphatic carbocycles. The maximum absolute atomic E-state index is 13.0. The van der Waals surface area contributed by atoms with Crippen molar-refractivity contribution in [3.63, 3.8) is 0 Å². The molecule has 8 heteroatoms. The fraction of sp³-hybridized carbons (Fsp3) is 0.364. The van der Waals surface area contributed by atoms with E-state index in [1.807, 2.05) is 29.2 Å². The summed E-state index contributed by atoms with van der Waals surface area (Å²) in [5, 5.41) is 3.32. The topological polar surface area (TPSA) is 61.9 Å². The number of fused-ring (bicyclic) bond motifs is 1. The van der Waals surface area contributed by atoms with Gasteiger partial charge in [0.2, 0.25) is 0 Å². The molecule has 30 heavy (non-hydrogen) atoms. The Kier molecular flexibility index (Phi) is 8.12. The maximum Gasteiger partial charge on any atom is 0.337 e. The highest BCUT2D eigenvalue weighted by Crippen LogP contribution is 2.23. The lowest BCUT2D eigenvalue weighted by Gasteiger charge is -2.41. The number of piperazine rings is 1. The van der Waals surface area contributed by atoms with Crippen molar-refractivity contribution in [3.8, 4) is 0 Å². The summed E-state index contributed by atoms with van der Waals surface area (Å²) in [6.07, 6.45) is 0. The van der Waals surface area contributed by atoms with Crippen LogP contribution in [0.4, 0.5) is 5.69 Å². The second kappa shape index (κ2) is 10.2. The van der Waals surface area contributed by atoms with Gasteiger partial charge in [-0.15, -0.1) is 24.8 Å². The minimum atomic E-state index is -0.333. The van der Waals surface area contributed by atoms with E-state index in [1.165, 1.54) is 18.2 Å². The molecule has 1 amide bonds. The number of nitrogens with zero attached hydrogens (tertiary/aromatic N) is 2. The summed E-state index contributed by atoms with van der Waals surface area (Å²) >= 11 is 0. The SMILES string of the molecule is COC(=O)c1ccc(N2CCN(C(=O)c3ccc4c(c3)CNC4)C(C)C2)cc1.Cl.Cl. The highest BCUT2D eigenvalue weighted by Gasteiger charge is 2.29. The van der Waals surface area contributed by atoms with Crippen molar-refractivity contribution in [2.75, 3.05) is 31.6 Å². The molecule has 1 fully saturated rings. The first-order chi connectivity index (χ1) is 13.6. The Morgan fingerprint density at radius 2 is 1.63 bits per heavy atom. The quantitative estimate of drug-likeness (QED) is 0.725. The van der Waals surface area contributed by atoms with E-state index in [1.54, 1.807) is 12.1 Å². The number of anilines is 1. The molecule has 1 N–H and O–H groups in total. The van der Waals surface area contributed by atoms with Gasteiger partial charge in [0.05, 0.1) is 12.7 Å². The molecule has 162 valence electrons. The van der Waals surface area contributed by atoms with E-state index in [-0.39, 0.29) is 42.7 Å². The highest BCUT2D eigenvalue weighted by molar-refractivity contribution is 5.95. The molecule has 1 atom stereocenters. The average Bonchev–Trinajstić information content (AvgIpc) is 3.20. The zero-order valence-corrected chi connectivity index (χ0v) is 18.7. The van der Waals surface area contributed by atoms with E-state index >= 15 is 0 Å². The summed E-state index contributed by atoms with van der Waals surface area (Å²) in [7, 11) is 1.38. The van der Waals surface area contributed by atoms with E-state index in [0.29, 0.717) is 12.1 Å². The molecular weight excluding hydrogens is 425 g/mol. The van der Waals surface area contributed by atoms with Crippen LogP contribution >= 0.6 is 24.8 Å². The predicted molar refractivity (Wildman–Crippen MR) is 122 cm³/mol. The van der Waals surface area contributed by atoms with E-state index in [4.69, 9.17) is 4.74 Å². The van der Waals surface area contributed by atoms with Crippen molar-refractivity contribution < 1.29 is 14.3 Å². The number of rotatable bonds is 3. The highest BCUT2D eigenvalue weighted by atomic mass is 35.5. The maximum atomic E-state index is 13.0. The molecule has 2 aliphatic rings. The Morgan fingerprint density at radius 3 is 2.30 bits per heavy atom. The third-order valence-electron chi connectivity index (χ3n) is 5.63. The van der Waals surface area contributed by atoms with Crippen LogP contribution in [0.3, 0.4) is 0 Å². The first-order valence-corrected chi connectivity index (χ1v) is 9.63. The molecule has 0 radical (unpaired) electrons. The molecule has 0 saturated carbocycles. The van der Waals surface area contributed by atoms with E-state index < -0.39 is 0 Å². The van der Waals surface area contributed by atoms with Crippen molar-refractivity contribution in [3.05, 3.63) is 64.7 Å².